The third-order valence-corrected chi connectivity index (χ3v) is 6.91. The van der Waals surface area contributed by atoms with Crippen LogP contribution in [0.1, 0.15) is 0 Å². The molecule has 0 saturated carbocycles. The smallest absolute Gasteiger partial charge is 0.103 e. The van der Waals surface area contributed by atoms with Gasteiger partial charge in [-0.3, -0.25) is 0 Å². The zero-order valence-electron chi connectivity index (χ0n) is 16.9. The highest BCUT2D eigenvalue weighted by molar-refractivity contribution is 8.03. The zero-order valence-corrected chi connectivity index (χ0v) is 18.6. The summed E-state index contributed by atoms with van der Waals surface area (Å²) >= 11 is 2.52. The van der Waals surface area contributed by atoms with E-state index < -0.39 is 0 Å². The lowest BCUT2D eigenvalue weighted by molar-refractivity contribution is 1.34. The van der Waals surface area contributed by atoms with Crippen LogP contribution in [0.4, 0.5) is 0 Å². The minimum Gasteiger partial charge on any atom is -0.392 e. The van der Waals surface area contributed by atoms with Crippen LogP contribution in [0.2, 0.25) is 0 Å². The van der Waals surface area contributed by atoms with E-state index in [2.05, 4.69) is 12.1 Å². The molecule has 0 aliphatic heterocycles. The third kappa shape index (κ3) is 4.29. The standard InChI is InChI=1S/C26H18N4S2/c27-15-21(25(29)31-23-13-5-9-17-7-1-3-11-19(17)23)22(16-28)26(30)32-24-14-6-10-18-8-2-4-12-20(18)24/h1-14H,29-30H2. The fraction of sp³-hybridized carbons (Fsp3) is 0. The Balaban J connectivity index is 1.73. The molecule has 4 aromatic rings. The molecule has 0 aliphatic rings. The van der Waals surface area contributed by atoms with E-state index in [1.165, 1.54) is 23.5 Å². The monoisotopic (exact) mass is 450 g/mol. The zero-order chi connectivity index (χ0) is 22.5. The van der Waals surface area contributed by atoms with Gasteiger partial charge in [0.1, 0.15) is 23.3 Å². The van der Waals surface area contributed by atoms with E-state index >= 15 is 0 Å². The van der Waals surface area contributed by atoms with E-state index in [1.807, 2.05) is 84.9 Å². The van der Waals surface area contributed by atoms with E-state index in [0.29, 0.717) is 0 Å². The molecule has 4 rings (SSSR count). The van der Waals surface area contributed by atoms with Gasteiger partial charge in [0, 0.05) is 9.79 Å². The van der Waals surface area contributed by atoms with Crippen LogP contribution in [-0.4, -0.2) is 0 Å². The fourth-order valence-electron chi connectivity index (χ4n) is 3.38. The Morgan fingerprint density at radius 2 is 0.938 bits per heavy atom. The summed E-state index contributed by atoms with van der Waals surface area (Å²) in [6.07, 6.45) is 0. The van der Waals surface area contributed by atoms with Crippen LogP contribution >= 0.6 is 23.5 Å². The normalized spacial score (nSPS) is 12.6. The van der Waals surface area contributed by atoms with Crippen molar-refractivity contribution in [3.8, 4) is 12.1 Å². The molecule has 0 unspecified atom stereocenters. The average molecular weight is 451 g/mol. The Kier molecular flexibility index (Phi) is 6.37. The molecule has 6 heteroatoms. The van der Waals surface area contributed by atoms with Crippen molar-refractivity contribution < 1.29 is 0 Å². The molecular weight excluding hydrogens is 432 g/mol. The number of nitrogens with two attached hydrogens (primary N) is 2. The Morgan fingerprint density at radius 1 is 0.562 bits per heavy atom. The van der Waals surface area contributed by atoms with Gasteiger partial charge in [-0.05, 0) is 33.7 Å². The van der Waals surface area contributed by atoms with E-state index in [4.69, 9.17) is 11.5 Å². The molecule has 0 spiro atoms. The van der Waals surface area contributed by atoms with Crippen LogP contribution in [0, 0.1) is 22.7 Å². The molecule has 0 bridgehead atoms. The molecule has 0 radical (unpaired) electrons. The first-order valence-corrected chi connectivity index (χ1v) is 11.4. The largest absolute Gasteiger partial charge is 0.392 e. The summed E-state index contributed by atoms with van der Waals surface area (Å²) < 4.78 is 0. The molecule has 32 heavy (non-hydrogen) atoms. The van der Waals surface area contributed by atoms with Crippen molar-refractivity contribution in [2.75, 3.05) is 0 Å². The molecule has 0 aliphatic carbocycles. The Hall–Kier alpha value is -3.84. The van der Waals surface area contributed by atoms with Crippen molar-refractivity contribution in [1.29, 1.82) is 10.5 Å². The molecule has 0 heterocycles. The maximum atomic E-state index is 9.82. The topological polar surface area (TPSA) is 99.6 Å². The van der Waals surface area contributed by atoms with Gasteiger partial charge in [0.15, 0.2) is 0 Å². The van der Waals surface area contributed by atoms with Crippen LogP contribution in [0.5, 0.6) is 0 Å². The van der Waals surface area contributed by atoms with Crippen molar-refractivity contribution >= 4 is 45.1 Å². The molecule has 0 fully saturated rings. The highest BCUT2D eigenvalue weighted by Crippen LogP contribution is 2.36. The van der Waals surface area contributed by atoms with Crippen LogP contribution in [0.25, 0.3) is 21.5 Å². The van der Waals surface area contributed by atoms with Crippen molar-refractivity contribution in [3.05, 3.63) is 106 Å². The number of nitrogens with zero attached hydrogens (tertiary/aromatic N) is 2. The number of thioether (sulfide) groups is 2. The lowest BCUT2D eigenvalue weighted by Crippen LogP contribution is -2.05. The molecule has 4 N–H and O–H groups in total. The van der Waals surface area contributed by atoms with Gasteiger partial charge in [-0.1, -0.05) is 96.3 Å². The van der Waals surface area contributed by atoms with Gasteiger partial charge in [0.05, 0.1) is 10.1 Å². The van der Waals surface area contributed by atoms with Gasteiger partial charge in [-0.2, -0.15) is 10.5 Å². The third-order valence-electron chi connectivity index (χ3n) is 4.91. The van der Waals surface area contributed by atoms with Crippen molar-refractivity contribution in [2.24, 2.45) is 11.5 Å². The van der Waals surface area contributed by atoms with Gasteiger partial charge in [0.2, 0.25) is 0 Å². The summed E-state index contributed by atoms with van der Waals surface area (Å²) in [5.41, 5.74) is 12.8. The Morgan fingerprint density at radius 3 is 1.34 bits per heavy atom. The first-order chi connectivity index (χ1) is 15.6. The van der Waals surface area contributed by atoms with Crippen LogP contribution in [0.15, 0.2) is 116 Å². The first-order valence-electron chi connectivity index (χ1n) is 9.73. The van der Waals surface area contributed by atoms with E-state index in [9.17, 15) is 10.5 Å². The first kappa shape index (κ1) is 21.4. The quantitative estimate of drug-likeness (QED) is 0.211. The molecule has 0 amide bonds. The SMILES string of the molecule is N#CC(=C(N)Sc1cccc2ccccc12)C(C#N)=C(N)Sc1cccc2ccccc12. The van der Waals surface area contributed by atoms with Crippen LogP contribution in [0.3, 0.4) is 0 Å². The summed E-state index contributed by atoms with van der Waals surface area (Å²) in [6.45, 7) is 0. The van der Waals surface area contributed by atoms with Crippen molar-refractivity contribution in [1.82, 2.24) is 0 Å². The van der Waals surface area contributed by atoms with Gasteiger partial charge >= 0.3 is 0 Å². The maximum Gasteiger partial charge on any atom is 0.103 e. The van der Waals surface area contributed by atoms with Gasteiger partial charge in [-0.25, -0.2) is 0 Å². The molecule has 154 valence electrons. The molecule has 0 saturated heterocycles. The number of nitriles is 2. The van der Waals surface area contributed by atoms with Gasteiger partial charge < -0.3 is 11.5 Å². The molecule has 0 atom stereocenters. The Labute approximate surface area is 194 Å². The second-order valence-electron chi connectivity index (χ2n) is 6.86. The number of fused-ring (bicyclic) bond motifs is 2. The van der Waals surface area contributed by atoms with Crippen molar-refractivity contribution in [2.45, 2.75) is 9.79 Å². The second kappa shape index (κ2) is 9.53. The van der Waals surface area contributed by atoms with Gasteiger partial charge in [-0.15, -0.1) is 0 Å². The lowest BCUT2D eigenvalue weighted by atomic mass is 10.1. The van der Waals surface area contributed by atoms with Gasteiger partial charge in [0.25, 0.3) is 0 Å². The number of hydrogen-bond donors (Lipinski definition) is 2. The van der Waals surface area contributed by atoms with Crippen molar-refractivity contribution in [3.63, 3.8) is 0 Å². The average Bonchev–Trinajstić information content (AvgIpc) is 2.82. The lowest BCUT2D eigenvalue weighted by Gasteiger charge is -2.10. The molecule has 4 nitrogen and oxygen atoms in total. The minimum absolute atomic E-state index is 0.0793. The highest BCUT2D eigenvalue weighted by Gasteiger charge is 2.17. The summed E-state index contributed by atoms with van der Waals surface area (Å²) in [7, 11) is 0. The molecule has 0 aromatic heterocycles. The number of hydrogen-bond acceptors (Lipinski definition) is 6. The summed E-state index contributed by atoms with van der Waals surface area (Å²) in [4.78, 5) is 1.82. The van der Waals surface area contributed by atoms with Crippen LogP contribution < -0.4 is 11.5 Å². The molecular formula is C26H18N4S2. The Bertz CT molecular complexity index is 1350. The minimum atomic E-state index is 0.0793. The van der Waals surface area contributed by atoms with E-state index in [0.717, 1.165) is 31.3 Å². The van der Waals surface area contributed by atoms with Crippen LogP contribution in [-0.2, 0) is 0 Å². The maximum absolute atomic E-state index is 9.82. The predicted octanol–water partition coefficient (Wildman–Crippen LogP) is 6.27. The number of allylic oxidation sites excluding steroid dienone is 2. The van der Waals surface area contributed by atoms with E-state index in [1.54, 1.807) is 0 Å². The summed E-state index contributed by atoms with van der Waals surface area (Å²) in [5, 5.41) is 24.3. The number of benzene rings is 4. The fourth-order valence-corrected chi connectivity index (χ4v) is 5.24. The second-order valence-corrected chi connectivity index (χ2v) is 9.03. The predicted molar refractivity (Wildman–Crippen MR) is 133 cm³/mol. The number of rotatable bonds is 5. The van der Waals surface area contributed by atoms with E-state index in [-0.39, 0.29) is 21.2 Å². The highest BCUT2D eigenvalue weighted by atomic mass is 32.2. The summed E-state index contributed by atoms with van der Waals surface area (Å²) in [6, 6.07) is 31.9. The molecule has 4 aromatic carbocycles. The summed E-state index contributed by atoms with van der Waals surface area (Å²) in [5.74, 6) is 0.